The minimum absolute atomic E-state index is 0.0130. The Hall–Kier alpha value is -1.68. The minimum atomic E-state index is -3.43. The SMILES string of the molecule is CC/C(=C\c1ccc(O)c(F)c1)CC[C@H]1OB(O)C[C@H]2C1=C(CO)CS2(=O)=O. The van der Waals surface area contributed by atoms with Crippen LogP contribution in [-0.4, -0.2) is 54.5 Å². The van der Waals surface area contributed by atoms with E-state index >= 15 is 0 Å². The van der Waals surface area contributed by atoms with Crippen LogP contribution in [-0.2, 0) is 14.5 Å². The number of hydrogen-bond acceptors (Lipinski definition) is 6. The molecule has 0 saturated carbocycles. The van der Waals surface area contributed by atoms with E-state index in [1.165, 1.54) is 12.1 Å². The maximum atomic E-state index is 13.5. The van der Waals surface area contributed by atoms with Gasteiger partial charge in [-0.15, -0.1) is 0 Å². The first kappa shape index (κ1) is 21.0. The number of phenolic OH excluding ortho intramolecular Hbond substituents is 1. The number of phenols is 1. The fraction of sp³-hybridized carbons (Fsp3) is 0.474. The highest BCUT2D eigenvalue weighted by molar-refractivity contribution is 7.92. The highest BCUT2D eigenvalue weighted by atomic mass is 32.2. The molecule has 6 nitrogen and oxygen atoms in total. The quantitative estimate of drug-likeness (QED) is 0.490. The summed E-state index contributed by atoms with van der Waals surface area (Å²) in [6.07, 6.45) is 2.94. The van der Waals surface area contributed by atoms with E-state index in [2.05, 4.69) is 0 Å². The molecule has 2 atom stereocenters. The molecule has 0 amide bonds. The molecule has 1 aromatic rings. The first-order valence-corrected chi connectivity index (χ1v) is 11.0. The van der Waals surface area contributed by atoms with Gasteiger partial charge in [-0.05, 0) is 48.1 Å². The number of hydrogen-bond donors (Lipinski definition) is 3. The zero-order valence-corrected chi connectivity index (χ0v) is 16.5. The molecule has 3 rings (SSSR count). The summed E-state index contributed by atoms with van der Waals surface area (Å²) < 4.78 is 43.9. The average molecular weight is 410 g/mol. The molecule has 152 valence electrons. The van der Waals surface area contributed by atoms with Crippen molar-refractivity contribution >= 4 is 23.0 Å². The molecule has 1 aromatic carbocycles. The zero-order chi connectivity index (χ0) is 20.5. The molecule has 0 radical (unpaired) electrons. The molecule has 2 aliphatic rings. The molecule has 2 aliphatic heterocycles. The molecule has 9 heteroatoms. The van der Waals surface area contributed by atoms with Crippen LogP contribution < -0.4 is 0 Å². The number of aromatic hydroxyl groups is 1. The highest BCUT2D eigenvalue weighted by Gasteiger charge is 2.48. The number of benzene rings is 1. The molecular formula is C19H24BFO6S. The number of aliphatic hydroxyl groups is 1. The predicted molar refractivity (Wildman–Crippen MR) is 105 cm³/mol. The largest absolute Gasteiger partial charge is 0.505 e. The lowest BCUT2D eigenvalue weighted by Gasteiger charge is -2.32. The third kappa shape index (κ3) is 4.32. The van der Waals surface area contributed by atoms with Crippen LogP contribution in [0.5, 0.6) is 5.75 Å². The van der Waals surface area contributed by atoms with Gasteiger partial charge in [-0.1, -0.05) is 24.6 Å². The number of rotatable bonds is 6. The Morgan fingerprint density at radius 3 is 2.82 bits per heavy atom. The molecule has 0 aromatic heterocycles. The van der Waals surface area contributed by atoms with E-state index in [0.717, 1.165) is 5.57 Å². The molecule has 28 heavy (non-hydrogen) atoms. The van der Waals surface area contributed by atoms with Crippen molar-refractivity contribution in [2.24, 2.45) is 0 Å². The third-order valence-electron chi connectivity index (χ3n) is 5.36. The van der Waals surface area contributed by atoms with E-state index in [1.807, 2.05) is 13.0 Å². The van der Waals surface area contributed by atoms with Crippen molar-refractivity contribution in [3.05, 3.63) is 46.3 Å². The maximum absolute atomic E-state index is 13.5. The van der Waals surface area contributed by atoms with Gasteiger partial charge in [0.25, 0.3) is 0 Å². The van der Waals surface area contributed by atoms with Gasteiger partial charge in [0.05, 0.1) is 23.7 Å². The van der Waals surface area contributed by atoms with Gasteiger partial charge in [-0.2, -0.15) is 0 Å². The van der Waals surface area contributed by atoms with Crippen LogP contribution in [0.3, 0.4) is 0 Å². The van der Waals surface area contributed by atoms with Crippen LogP contribution in [0, 0.1) is 5.82 Å². The van der Waals surface area contributed by atoms with E-state index in [9.17, 15) is 28.0 Å². The number of fused-ring (bicyclic) bond motifs is 1. The van der Waals surface area contributed by atoms with Gasteiger partial charge in [-0.25, -0.2) is 12.8 Å². The molecule has 0 aliphatic carbocycles. The number of halogens is 1. The van der Waals surface area contributed by atoms with Crippen LogP contribution >= 0.6 is 0 Å². The van der Waals surface area contributed by atoms with Crippen molar-refractivity contribution in [1.82, 2.24) is 0 Å². The van der Waals surface area contributed by atoms with E-state index < -0.39 is 39.9 Å². The van der Waals surface area contributed by atoms with Crippen molar-refractivity contribution in [2.75, 3.05) is 12.4 Å². The topological polar surface area (TPSA) is 104 Å². The molecule has 3 N–H and O–H groups in total. The summed E-state index contributed by atoms with van der Waals surface area (Å²) >= 11 is 0. The van der Waals surface area contributed by atoms with E-state index in [4.69, 9.17) is 4.65 Å². The first-order valence-electron chi connectivity index (χ1n) is 9.30. The van der Waals surface area contributed by atoms with Gasteiger partial charge >= 0.3 is 7.12 Å². The summed E-state index contributed by atoms with van der Waals surface area (Å²) in [6.45, 7) is 1.62. The highest BCUT2D eigenvalue weighted by Crippen LogP contribution is 2.39. The normalized spacial score (nSPS) is 24.6. The van der Waals surface area contributed by atoms with Gasteiger partial charge in [0, 0.05) is 6.32 Å². The summed E-state index contributed by atoms with van der Waals surface area (Å²) in [5, 5.41) is 28.1. The Kier molecular flexibility index (Phi) is 6.29. The Bertz CT molecular complexity index is 911. The summed E-state index contributed by atoms with van der Waals surface area (Å²) in [6, 6.07) is 4.15. The molecule has 0 spiro atoms. The molecule has 0 unspecified atom stereocenters. The molecule has 1 saturated heterocycles. The number of allylic oxidation sites excluding steroid dienone is 1. The summed E-state index contributed by atoms with van der Waals surface area (Å²) in [5.41, 5.74) is 2.66. The van der Waals surface area contributed by atoms with Crippen molar-refractivity contribution in [1.29, 1.82) is 0 Å². The van der Waals surface area contributed by atoms with Gasteiger partial charge in [0.15, 0.2) is 21.4 Å². The van der Waals surface area contributed by atoms with Crippen molar-refractivity contribution in [2.45, 2.75) is 43.9 Å². The lowest BCUT2D eigenvalue weighted by atomic mass is 9.74. The summed E-state index contributed by atoms with van der Waals surface area (Å²) in [4.78, 5) is 0. The van der Waals surface area contributed by atoms with Crippen LogP contribution in [0.15, 0.2) is 34.9 Å². The van der Waals surface area contributed by atoms with Crippen LogP contribution in [0.4, 0.5) is 4.39 Å². The van der Waals surface area contributed by atoms with Gasteiger partial charge in [0.2, 0.25) is 0 Å². The summed E-state index contributed by atoms with van der Waals surface area (Å²) in [5.74, 6) is -1.30. The smallest absolute Gasteiger partial charge is 0.456 e. The standard InChI is InChI=1S/C19H24BFO6S/c1-2-12(7-13-3-5-16(23)15(21)8-13)4-6-17-19-14(10-22)11-28(25,26)18(19)9-20(24)27-17/h3,5,7-8,17-18,22-24H,2,4,6,9-11H2,1H3/b12-7+/t17-,18+/m1/s1. The van der Waals surface area contributed by atoms with Gasteiger partial charge in [-0.3, -0.25) is 0 Å². The van der Waals surface area contributed by atoms with Crippen molar-refractivity contribution in [3.8, 4) is 5.75 Å². The Morgan fingerprint density at radius 2 is 2.18 bits per heavy atom. The second kappa shape index (κ2) is 8.36. The van der Waals surface area contributed by atoms with Crippen molar-refractivity contribution < 1.29 is 32.7 Å². The lowest BCUT2D eigenvalue weighted by molar-refractivity contribution is 0.168. The van der Waals surface area contributed by atoms with Crippen LogP contribution in [0.2, 0.25) is 6.32 Å². The Morgan fingerprint density at radius 1 is 1.43 bits per heavy atom. The predicted octanol–water partition coefficient (Wildman–Crippen LogP) is 2.07. The second-order valence-electron chi connectivity index (χ2n) is 7.23. The Balaban J connectivity index is 1.79. The molecule has 0 bridgehead atoms. The fourth-order valence-corrected chi connectivity index (χ4v) is 6.04. The maximum Gasteiger partial charge on any atom is 0.456 e. The first-order chi connectivity index (χ1) is 13.2. The average Bonchev–Trinajstić information content (AvgIpc) is 2.91. The van der Waals surface area contributed by atoms with E-state index in [-0.39, 0.29) is 18.7 Å². The molecule has 2 heterocycles. The zero-order valence-electron chi connectivity index (χ0n) is 15.6. The molecular weight excluding hydrogens is 386 g/mol. The number of sulfone groups is 1. The number of aliphatic hydroxyl groups excluding tert-OH is 1. The van der Waals surface area contributed by atoms with Crippen LogP contribution in [0.25, 0.3) is 6.08 Å². The van der Waals surface area contributed by atoms with Crippen molar-refractivity contribution in [3.63, 3.8) is 0 Å². The lowest BCUT2D eigenvalue weighted by Crippen LogP contribution is -2.42. The fourth-order valence-electron chi connectivity index (χ4n) is 3.93. The van der Waals surface area contributed by atoms with E-state index in [1.54, 1.807) is 6.07 Å². The van der Waals surface area contributed by atoms with Crippen LogP contribution in [0.1, 0.15) is 31.7 Å². The van der Waals surface area contributed by atoms with E-state index in [0.29, 0.717) is 36.0 Å². The Labute approximate surface area is 164 Å². The third-order valence-corrected chi connectivity index (χ3v) is 7.43. The van der Waals surface area contributed by atoms with Gasteiger partial charge in [0.1, 0.15) is 0 Å². The molecule has 1 fully saturated rings. The monoisotopic (exact) mass is 410 g/mol. The van der Waals surface area contributed by atoms with Gasteiger partial charge < -0.3 is 19.9 Å². The minimum Gasteiger partial charge on any atom is -0.505 e. The second-order valence-corrected chi connectivity index (χ2v) is 9.42. The summed E-state index contributed by atoms with van der Waals surface area (Å²) in [7, 11) is -4.59.